The van der Waals surface area contributed by atoms with Crippen molar-refractivity contribution in [3.8, 4) is 0 Å². The number of anilines is 1. The predicted molar refractivity (Wildman–Crippen MR) is 114 cm³/mol. The second-order valence-corrected chi connectivity index (χ2v) is 9.59. The van der Waals surface area contributed by atoms with E-state index in [4.69, 9.17) is 0 Å². The van der Waals surface area contributed by atoms with Crippen molar-refractivity contribution in [2.45, 2.75) is 48.4 Å². The minimum atomic E-state index is -3.54. The van der Waals surface area contributed by atoms with Gasteiger partial charge in [0.05, 0.1) is 10.6 Å². The van der Waals surface area contributed by atoms with Crippen LogP contribution in [0, 0.1) is 0 Å². The van der Waals surface area contributed by atoms with Gasteiger partial charge < -0.3 is 5.32 Å². The predicted octanol–water partition coefficient (Wildman–Crippen LogP) is 4.61. The lowest BCUT2D eigenvalue weighted by atomic mass is 10.0. The smallest absolute Gasteiger partial charge is 0.255 e. The highest BCUT2D eigenvalue weighted by molar-refractivity contribution is 7.98. The molecule has 1 aliphatic heterocycles. The molecule has 7 heteroatoms. The van der Waals surface area contributed by atoms with Crippen LogP contribution in [-0.2, 0) is 10.0 Å². The maximum absolute atomic E-state index is 13.0. The topological polar surface area (TPSA) is 66.5 Å². The lowest BCUT2D eigenvalue weighted by Gasteiger charge is -2.34. The summed E-state index contributed by atoms with van der Waals surface area (Å²) >= 11 is 1.56. The number of nitrogens with zero attached hydrogens (tertiary/aromatic N) is 1. The number of carbonyl (C=O) groups is 1. The number of piperidine rings is 1. The van der Waals surface area contributed by atoms with Gasteiger partial charge in [0.25, 0.3) is 5.91 Å². The lowest BCUT2D eigenvalue weighted by Crippen LogP contribution is -2.43. The monoisotopic (exact) mass is 418 g/mol. The fraction of sp³-hybridized carbons (Fsp3) is 0.381. The van der Waals surface area contributed by atoms with Crippen LogP contribution in [0.25, 0.3) is 0 Å². The van der Waals surface area contributed by atoms with Gasteiger partial charge in [-0.2, -0.15) is 4.31 Å². The third-order valence-corrected chi connectivity index (χ3v) is 7.88. The molecule has 0 bridgehead atoms. The number of rotatable bonds is 6. The summed E-state index contributed by atoms with van der Waals surface area (Å²) in [5, 5.41) is 2.90. The molecule has 5 nitrogen and oxygen atoms in total. The minimum absolute atomic E-state index is 0.0600. The van der Waals surface area contributed by atoms with E-state index in [-0.39, 0.29) is 16.8 Å². The van der Waals surface area contributed by atoms with E-state index in [9.17, 15) is 13.2 Å². The number of carbonyl (C=O) groups excluding carboxylic acids is 1. The van der Waals surface area contributed by atoms with Crippen LogP contribution in [0.1, 0.15) is 43.0 Å². The van der Waals surface area contributed by atoms with Crippen LogP contribution in [0.5, 0.6) is 0 Å². The number of benzene rings is 2. The first-order chi connectivity index (χ1) is 13.5. The molecule has 0 radical (unpaired) electrons. The quantitative estimate of drug-likeness (QED) is 0.696. The standard InChI is InChI=1S/C21H26N2O3S2/c1-3-17-8-6-7-15-23(17)28(25,26)18-13-11-16(12-14-18)21(24)22-19-9-4-5-10-20(19)27-2/h4-5,9-14,17H,3,6-8,15H2,1-2H3,(H,22,24). The van der Waals surface area contributed by atoms with Crippen LogP contribution < -0.4 is 5.32 Å². The van der Waals surface area contributed by atoms with Crippen molar-refractivity contribution in [3.05, 3.63) is 54.1 Å². The van der Waals surface area contributed by atoms with E-state index in [0.717, 1.165) is 36.3 Å². The maximum atomic E-state index is 13.0. The molecule has 1 saturated heterocycles. The summed E-state index contributed by atoms with van der Waals surface area (Å²) in [6.45, 7) is 2.59. The van der Waals surface area contributed by atoms with Crippen LogP contribution in [-0.4, -0.2) is 37.5 Å². The van der Waals surface area contributed by atoms with E-state index >= 15 is 0 Å². The van der Waals surface area contributed by atoms with E-state index in [2.05, 4.69) is 5.32 Å². The summed E-state index contributed by atoms with van der Waals surface area (Å²) in [5.41, 5.74) is 1.18. The summed E-state index contributed by atoms with van der Waals surface area (Å²) in [6, 6.07) is 13.9. The van der Waals surface area contributed by atoms with Gasteiger partial charge in [-0.05, 0) is 61.9 Å². The molecule has 3 rings (SSSR count). The molecule has 150 valence electrons. The van der Waals surface area contributed by atoms with Crippen molar-refractivity contribution in [1.82, 2.24) is 4.31 Å². The molecule has 1 aliphatic rings. The van der Waals surface area contributed by atoms with E-state index < -0.39 is 10.0 Å². The average Bonchev–Trinajstić information content (AvgIpc) is 2.74. The first-order valence-electron chi connectivity index (χ1n) is 9.53. The highest BCUT2D eigenvalue weighted by atomic mass is 32.2. The van der Waals surface area contributed by atoms with Crippen LogP contribution >= 0.6 is 11.8 Å². The third-order valence-electron chi connectivity index (χ3n) is 5.12. The fourth-order valence-corrected chi connectivity index (χ4v) is 5.88. The third kappa shape index (κ3) is 4.42. The lowest BCUT2D eigenvalue weighted by molar-refractivity contribution is 0.102. The Labute approximate surface area is 171 Å². The van der Waals surface area contributed by atoms with Gasteiger partial charge in [0.15, 0.2) is 0 Å². The van der Waals surface area contributed by atoms with Gasteiger partial charge >= 0.3 is 0 Å². The summed E-state index contributed by atoms with van der Waals surface area (Å²) in [5.74, 6) is -0.255. The van der Waals surface area contributed by atoms with Crippen LogP contribution in [0.4, 0.5) is 5.69 Å². The van der Waals surface area contributed by atoms with Gasteiger partial charge in [-0.3, -0.25) is 4.79 Å². The molecule has 0 saturated carbocycles. The van der Waals surface area contributed by atoms with Gasteiger partial charge in [0.1, 0.15) is 0 Å². The number of hydrogen-bond donors (Lipinski definition) is 1. The first kappa shape index (κ1) is 20.9. The highest BCUT2D eigenvalue weighted by Gasteiger charge is 2.32. The van der Waals surface area contributed by atoms with Crippen molar-refractivity contribution in [1.29, 1.82) is 0 Å². The van der Waals surface area contributed by atoms with E-state index in [1.54, 1.807) is 28.2 Å². The summed E-state index contributed by atoms with van der Waals surface area (Å²) in [6.07, 6.45) is 5.64. The number of hydrogen-bond acceptors (Lipinski definition) is 4. The first-order valence-corrected chi connectivity index (χ1v) is 12.2. The van der Waals surface area contributed by atoms with Crippen molar-refractivity contribution >= 4 is 33.4 Å². The molecular formula is C21H26N2O3S2. The number of para-hydroxylation sites is 1. The molecule has 2 aromatic carbocycles. The summed E-state index contributed by atoms with van der Waals surface area (Å²) in [7, 11) is -3.54. The van der Waals surface area contributed by atoms with Crippen LogP contribution in [0.2, 0.25) is 0 Å². The number of amides is 1. The van der Waals surface area contributed by atoms with Gasteiger partial charge in [-0.15, -0.1) is 11.8 Å². The van der Waals surface area contributed by atoms with Crippen LogP contribution in [0.15, 0.2) is 58.3 Å². The molecule has 28 heavy (non-hydrogen) atoms. The Morgan fingerprint density at radius 3 is 2.54 bits per heavy atom. The van der Waals surface area contributed by atoms with Gasteiger partial charge in [0.2, 0.25) is 10.0 Å². The Kier molecular flexibility index (Phi) is 6.80. The van der Waals surface area contributed by atoms with Crippen LogP contribution in [0.3, 0.4) is 0 Å². The Morgan fingerprint density at radius 1 is 1.14 bits per heavy atom. The Hall–Kier alpha value is -1.83. The largest absolute Gasteiger partial charge is 0.321 e. The highest BCUT2D eigenvalue weighted by Crippen LogP contribution is 2.28. The van der Waals surface area contributed by atoms with Gasteiger partial charge in [-0.1, -0.05) is 25.5 Å². The van der Waals surface area contributed by atoms with Gasteiger partial charge in [-0.25, -0.2) is 8.42 Å². The van der Waals surface area contributed by atoms with E-state index in [1.165, 1.54) is 12.1 Å². The zero-order valence-corrected chi connectivity index (χ0v) is 17.9. The molecule has 1 atom stereocenters. The Balaban J connectivity index is 1.78. The molecule has 1 N–H and O–H groups in total. The zero-order valence-electron chi connectivity index (χ0n) is 16.2. The number of sulfonamides is 1. The molecule has 0 aliphatic carbocycles. The van der Waals surface area contributed by atoms with Crippen molar-refractivity contribution in [2.75, 3.05) is 18.1 Å². The molecular weight excluding hydrogens is 392 g/mol. The average molecular weight is 419 g/mol. The van der Waals surface area contributed by atoms with Crippen molar-refractivity contribution in [3.63, 3.8) is 0 Å². The molecule has 2 aromatic rings. The maximum Gasteiger partial charge on any atom is 0.255 e. The summed E-state index contributed by atoms with van der Waals surface area (Å²) < 4.78 is 27.7. The number of nitrogens with one attached hydrogen (secondary N) is 1. The van der Waals surface area contributed by atoms with Crippen molar-refractivity contribution < 1.29 is 13.2 Å². The van der Waals surface area contributed by atoms with E-state index in [1.807, 2.05) is 37.4 Å². The Bertz CT molecular complexity index is 927. The zero-order chi connectivity index (χ0) is 20.1. The molecule has 1 heterocycles. The normalized spacial score (nSPS) is 18.0. The van der Waals surface area contributed by atoms with Gasteiger partial charge in [0, 0.05) is 23.0 Å². The van der Waals surface area contributed by atoms with Crippen molar-refractivity contribution in [2.24, 2.45) is 0 Å². The molecule has 1 fully saturated rings. The van der Waals surface area contributed by atoms with E-state index in [0.29, 0.717) is 12.1 Å². The minimum Gasteiger partial charge on any atom is -0.321 e. The second kappa shape index (κ2) is 9.11. The fourth-order valence-electron chi connectivity index (χ4n) is 3.55. The molecule has 1 amide bonds. The number of thioether (sulfide) groups is 1. The summed E-state index contributed by atoms with van der Waals surface area (Å²) in [4.78, 5) is 13.8. The molecule has 0 spiro atoms. The molecule has 0 aromatic heterocycles. The Morgan fingerprint density at radius 2 is 1.86 bits per heavy atom. The molecule has 1 unspecified atom stereocenters. The second-order valence-electron chi connectivity index (χ2n) is 6.85. The SMILES string of the molecule is CCC1CCCCN1S(=O)(=O)c1ccc(C(=O)Nc2ccccc2SC)cc1.